The van der Waals surface area contributed by atoms with Crippen molar-refractivity contribution in [3.63, 3.8) is 0 Å². The molecule has 0 unspecified atom stereocenters. The first-order valence-electron chi connectivity index (χ1n) is 7.44. The summed E-state index contributed by atoms with van der Waals surface area (Å²) in [5.74, 6) is -1.43. The molecule has 0 heterocycles. The van der Waals surface area contributed by atoms with E-state index in [2.05, 4.69) is 5.32 Å². The number of hydrogen-bond donors (Lipinski definition) is 2. The van der Waals surface area contributed by atoms with E-state index >= 15 is 0 Å². The Labute approximate surface area is 144 Å². The van der Waals surface area contributed by atoms with Crippen molar-refractivity contribution in [2.45, 2.75) is 0 Å². The summed E-state index contributed by atoms with van der Waals surface area (Å²) < 4.78 is 4.89. The molecule has 2 aromatic rings. The van der Waals surface area contributed by atoms with Gasteiger partial charge in [0.1, 0.15) is 5.75 Å². The summed E-state index contributed by atoms with van der Waals surface area (Å²) in [6.45, 7) is -0.465. The van der Waals surface area contributed by atoms with Crippen LogP contribution in [0.15, 0.2) is 48.5 Å². The monoisotopic (exact) mass is 342 g/mol. The first kappa shape index (κ1) is 18.0. The summed E-state index contributed by atoms with van der Waals surface area (Å²) in [4.78, 5) is 36.8. The Morgan fingerprint density at radius 2 is 1.72 bits per heavy atom. The Morgan fingerprint density at radius 3 is 2.32 bits per heavy atom. The average Bonchev–Trinajstić information content (AvgIpc) is 2.59. The molecule has 25 heavy (non-hydrogen) atoms. The molecular weight excluding hydrogens is 324 g/mol. The van der Waals surface area contributed by atoms with Gasteiger partial charge < -0.3 is 20.1 Å². The molecule has 0 spiro atoms. The number of carbonyl (C=O) groups is 3. The van der Waals surface area contributed by atoms with Crippen LogP contribution in [0.1, 0.15) is 20.7 Å². The van der Waals surface area contributed by atoms with Gasteiger partial charge in [0.05, 0.1) is 5.56 Å². The highest BCUT2D eigenvalue weighted by Gasteiger charge is 2.12. The number of rotatable bonds is 5. The number of phenolic OH excluding ortho intramolecular Hbond substituents is 1. The number of nitrogens with one attached hydrogen (secondary N) is 1. The molecule has 0 bridgehead atoms. The first-order valence-corrected chi connectivity index (χ1v) is 7.44. The molecule has 7 heteroatoms. The second-order valence-corrected chi connectivity index (χ2v) is 5.45. The lowest BCUT2D eigenvalue weighted by Gasteiger charge is -2.11. The van der Waals surface area contributed by atoms with Crippen LogP contribution >= 0.6 is 0 Å². The molecule has 2 N–H and O–H groups in total. The van der Waals surface area contributed by atoms with E-state index < -0.39 is 18.5 Å². The number of amides is 2. The number of aromatic hydroxyl groups is 1. The van der Waals surface area contributed by atoms with Crippen LogP contribution in [-0.4, -0.2) is 48.5 Å². The SMILES string of the molecule is CN(C)C(=O)c1ccc(NC(=O)COC(=O)c2cccc(O)c2)cc1. The Bertz CT molecular complexity index is 784. The Balaban J connectivity index is 1.88. The maximum absolute atomic E-state index is 11.8. The molecule has 130 valence electrons. The molecule has 7 nitrogen and oxygen atoms in total. The van der Waals surface area contributed by atoms with E-state index in [0.717, 1.165) is 0 Å². The van der Waals surface area contributed by atoms with Crippen molar-refractivity contribution in [2.75, 3.05) is 26.0 Å². The standard InChI is InChI=1S/C18H18N2O5/c1-20(2)17(23)12-6-8-14(9-7-12)19-16(22)11-25-18(24)13-4-3-5-15(21)10-13/h3-10,21H,11H2,1-2H3,(H,19,22). The van der Waals surface area contributed by atoms with Gasteiger partial charge in [-0.05, 0) is 42.5 Å². The zero-order valence-electron chi connectivity index (χ0n) is 13.9. The predicted octanol–water partition coefficient (Wildman–Crippen LogP) is 1.89. The molecule has 0 aliphatic rings. The van der Waals surface area contributed by atoms with Gasteiger partial charge in [-0.15, -0.1) is 0 Å². The topological polar surface area (TPSA) is 95.9 Å². The number of nitrogens with zero attached hydrogens (tertiary/aromatic N) is 1. The maximum Gasteiger partial charge on any atom is 0.338 e. The summed E-state index contributed by atoms with van der Waals surface area (Å²) in [7, 11) is 3.30. The van der Waals surface area contributed by atoms with E-state index in [9.17, 15) is 19.5 Å². The lowest BCUT2D eigenvalue weighted by Crippen LogP contribution is -2.22. The smallest absolute Gasteiger partial charge is 0.338 e. The molecule has 2 amide bonds. The first-order chi connectivity index (χ1) is 11.9. The minimum absolute atomic E-state index is 0.0636. The van der Waals surface area contributed by atoms with E-state index in [4.69, 9.17) is 4.74 Å². The van der Waals surface area contributed by atoms with Gasteiger partial charge in [0.25, 0.3) is 11.8 Å². The van der Waals surface area contributed by atoms with Gasteiger partial charge in [-0.25, -0.2) is 4.79 Å². The largest absolute Gasteiger partial charge is 0.508 e. The summed E-state index contributed by atoms with van der Waals surface area (Å²) >= 11 is 0. The lowest BCUT2D eigenvalue weighted by atomic mass is 10.2. The van der Waals surface area contributed by atoms with Gasteiger partial charge in [-0.3, -0.25) is 9.59 Å². The molecule has 0 aliphatic carbocycles. The predicted molar refractivity (Wildman–Crippen MR) is 91.5 cm³/mol. The van der Waals surface area contributed by atoms with Crippen molar-refractivity contribution in [3.05, 3.63) is 59.7 Å². The summed E-state index contributed by atoms with van der Waals surface area (Å²) in [5, 5.41) is 11.9. The lowest BCUT2D eigenvalue weighted by molar-refractivity contribution is -0.119. The normalized spacial score (nSPS) is 10.0. The summed E-state index contributed by atoms with van der Waals surface area (Å²) in [5.41, 5.74) is 1.13. The van der Waals surface area contributed by atoms with Gasteiger partial charge >= 0.3 is 5.97 Å². The van der Waals surface area contributed by atoms with Crippen LogP contribution in [0.5, 0.6) is 5.75 Å². The van der Waals surface area contributed by atoms with Crippen LogP contribution in [0.4, 0.5) is 5.69 Å². The summed E-state index contributed by atoms with van der Waals surface area (Å²) in [6, 6.07) is 12.0. The summed E-state index contributed by atoms with van der Waals surface area (Å²) in [6.07, 6.45) is 0. The third kappa shape index (κ3) is 5.07. The molecule has 0 saturated heterocycles. The fourth-order valence-electron chi connectivity index (χ4n) is 2.00. The fourth-order valence-corrected chi connectivity index (χ4v) is 2.00. The maximum atomic E-state index is 11.8. The molecule has 0 aromatic heterocycles. The van der Waals surface area contributed by atoms with Crippen molar-refractivity contribution in [1.82, 2.24) is 4.90 Å². The van der Waals surface area contributed by atoms with Crippen LogP contribution in [0.2, 0.25) is 0 Å². The molecular formula is C18H18N2O5. The molecule has 2 aromatic carbocycles. The van der Waals surface area contributed by atoms with Gasteiger partial charge in [0.2, 0.25) is 0 Å². The van der Waals surface area contributed by atoms with Crippen LogP contribution in [-0.2, 0) is 9.53 Å². The second-order valence-electron chi connectivity index (χ2n) is 5.45. The number of phenols is 1. The van der Waals surface area contributed by atoms with Crippen molar-refractivity contribution in [1.29, 1.82) is 0 Å². The van der Waals surface area contributed by atoms with E-state index in [1.165, 1.54) is 29.2 Å². The number of ether oxygens (including phenoxy) is 1. The van der Waals surface area contributed by atoms with Crippen molar-refractivity contribution in [2.24, 2.45) is 0 Å². The van der Waals surface area contributed by atoms with Crippen molar-refractivity contribution >= 4 is 23.5 Å². The number of benzene rings is 2. The highest BCUT2D eigenvalue weighted by Crippen LogP contribution is 2.13. The number of hydrogen-bond acceptors (Lipinski definition) is 5. The molecule has 0 radical (unpaired) electrons. The minimum atomic E-state index is -0.710. The van der Waals surface area contributed by atoms with Gasteiger partial charge in [0.15, 0.2) is 6.61 Å². The van der Waals surface area contributed by atoms with Crippen molar-refractivity contribution < 1.29 is 24.2 Å². The zero-order chi connectivity index (χ0) is 18.4. The van der Waals surface area contributed by atoms with E-state index in [-0.39, 0.29) is 17.2 Å². The quantitative estimate of drug-likeness (QED) is 0.809. The molecule has 0 aliphatic heterocycles. The van der Waals surface area contributed by atoms with Gasteiger partial charge in [0, 0.05) is 25.3 Å². The second kappa shape index (κ2) is 7.96. The van der Waals surface area contributed by atoms with Gasteiger partial charge in [-0.2, -0.15) is 0 Å². The Morgan fingerprint density at radius 1 is 1.04 bits per heavy atom. The molecule has 0 saturated carbocycles. The highest BCUT2D eigenvalue weighted by atomic mass is 16.5. The van der Waals surface area contributed by atoms with Crippen LogP contribution in [0.25, 0.3) is 0 Å². The van der Waals surface area contributed by atoms with Crippen LogP contribution < -0.4 is 5.32 Å². The number of anilines is 1. The van der Waals surface area contributed by atoms with E-state index in [1.807, 2.05) is 0 Å². The fraction of sp³-hybridized carbons (Fsp3) is 0.167. The average molecular weight is 342 g/mol. The minimum Gasteiger partial charge on any atom is -0.508 e. The van der Waals surface area contributed by atoms with E-state index in [1.54, 1.807) is 38.4 Å². The Hall–Kier alpha value is -3.35. The molecule has 0 fully saturated rings. The molecule has 0 atom stereocenters. The van der Waals surface area contributed by atoms with Crippen LogP contribution in [0, 0.1) is 0 Å². The van der Waals surface area contributed by atoms with E-state index in [0.29, 0.717) is 11.3 Å². The zero-order valence-corrected chi connectivity index (χ0v) is 13.9. The molecule has 2 rings (SSSR count). The van der Waals surface area contributed by atoms with Crippen LogP contribution in [0.3, 0.4) is 0 Å². The third-order valence-corrected chi connectivity index (χ3v) is 3.24. The van der Waals surface area contributed by atoms with Gasteiger partial charge in [-0.1, -0.05) is 6.07 Å². The number of esters is 1. The Kier molecular flexibility index (Phi) is 5.73. The number of carbonyl (C=O) groups excluding carboxylic acids is 3. The van der Waals surface area contributed by atoms with Crippen molar-refractivity contribution in [3.8, 4) is 5.75 Å². The third-order valence-electron chi connectivity index (χ3n) is 3.24. The highest BCUT2D eigenvalue weighted by molar-refractivity contribution is 5.97.